The molecule has 0 saturated heterocycles. The van der Waals surface area contributed by atoms with Gasteiger partial charge in [0, 0.05) is 39.0 Å². The molecule has 2 atom stereocenters. The molecule has 2 aromatic rings. The molecule has 0 heterocycles. The minimum atomic E-state index is -1.01. The van der Waals surface area contributed by atoms with Crippen LogP contribution in [-0.2, 0) is 27.5 Å². The van der Waals surface area contributed by atoms with Gasteiger partial charge in [0.2, 0.25) is 0 Å². The van der Waals surface area contributed by atoms with E-state index in [1.807, 2.05) is 60.7 Å². The molecule has 0 bridgehead atoms. The van der Waals surface area contributed by atoms with Crippen molar-refractivity contribution in [1.29, 1.82) is 0 Å². The third-order valence-electron chi connectivity index (χ3n) is 7.54. The van der Waals surface area contributed by atoms with Crippen LogP contribution >= 0.6 is 0 Å². The molecule has 0 fully saturated rings. The average Bonchev–Trinajstić information content (AvgIpc) is 3.08. The number of hydrogen-bond donors (Lipinski definition) is 6. The van der Waals surface area contributed by atoms with E-state index >= 15 is 0 Å². The number of guanidine groups is 1. The number of aliphatic hydroxyl groups is 1. The zero-order valence-corrected chi connectivity index (χ0v) is 28.1. The number of unbranched alkanes of at least 4 members (excludes halogenated alkanes) is 5. The van der Waals surface area contributed by atoms with Gasteiger partial charge < -0.3 is 42.0 Å². The van der Waals surface area contributed by atoms with Crippen molar-refractivity contribution >= 4 is 23.9 Å². The molecule has 0 aliphatic rings. The van der Waals surface area contributed by atoms with Crippen molar-refractivity contribution in [3.05, 3.63) is 71.8 Å². The molecule has 2 unspecified atom stereocenters. The van der Waals surface area contributed by atoms with Crippen LogP contribution in [0, 0.1) is 0 Å². The Morgan fingerprint density at radius 1 is 0.771 bits per heavy atom. The summed E-state index contributed by atoms with van der Waals surface area (Å²) in [7, 11) is 0. The third kappa shape index (κ3) is 19.5. The maximum Gasteiger partial charge on any atom is 0.410 e. The first-order valence-electron chi connectivity index (χ1n) is 16.9. The second-order valence-electron chi connectivity index (χ2n) is 11.7. The summed E-state index contributed by atoms with van der Waals surface area (Å²) in [5.41, 5.74) is 18.5. The Balaban J connectivity index is 1.65. The average molecular weight is 670 g/mol. The number of hydrogen-bond acceptors (Lipinski definition) is 9. The molecule has 2 rings (SSSR count). The molecule has 0 saturated carbocycles. The number of amides is 2. The van der Waals surface area contributed by atoms with Crippen molar-refractivity contribution in [3.8, 4) is 0 Å². The van der Waals surface area contributed by atoms with Crippen molar-refractivity contribution in [3.63, 3.8) is 0 Å². The summed E-state index contributed by atoms with van der Waals surface area (Å²) >= 11 is 0. The number of carbonyl (C=O) groups excluding carboxylic acids is 3. The Morgan fingerprint density at radius 2 is 1.38 bits per heavy atom. The largest absolute Gasteiger partial charge is 0.445 e. The van der Waals surface area contributed by atoms with E-state index < -0.39 is 24.5 Å². The minimum Gasteiger partial charge on any atom is -0.445 e. The third-order valence-corrected chi connectivity index (χ3v) is 7.54. The quantitative estimate of drug-likeness (QED) is 0.0392. The van der Waals surface area contributed by atoms with Gasteiger partial charge in [0.25, 0.3) is 0 Å². The first kappa shape index (κ1) is 40.0. The summed E-state index contributed by atoms with van der Waals surface area (Å²) in [5, 5.41) is 16.1. The lowest BCUT2D eigenvalue weighted by Gasteiger charge is -2.23. The molecule has 13 heteroatoms. The topological polar surface area (TPSA) is 208 Å². The van der Waals surface area contributed by atoms with E-state index in [0.717, 1.165) is 43.2 Å². The summed E-state index contributed by atoms with van der Waals surface area (Å²) in [6, 6.07) is 18.2. The van der Waals surface area contributed by atoms with E-state index in [4.69, 9.17) is 26.7 Å². The summed E-state index contributed by atoms with van der Waals surface area (Å²) in [6.45, 7) is 2.57. The SMILES string of the molecule is NC(N)=NCCCCCCCC(=O)CC(N)C(O)NCCCCN(CCCNC(=O)OCc1ccccc1)C(=O)OCc1ccccc1. The highest BCUT2D eigenvalue weighted by atomic mass is 16.6. The Hall–Kier alpha value is -4.20. The Labute approximate surface area is 284 Å². The zero-order valence-electron chi connectivity index (χ0n) is 28.1. The highest BCUT2D eigenvalue weighted by Gasteiger charge is 2.18. The number of ether oxygens (including phenoxy) is 2. The van der Waals surface area contributed by atoms with E-state index in [-0.39, 0.29) is 31.4 Å². The van der Waals surface area contributed by atoms with Crippen LogP contribution in [0.2, 0.25) is 0 Å². The summed E-state index contributed by atoms with van der Waals surface area (Å²) in [6.07, 6.45) is 5.05. The van der Waals surface area contributed by atoms with Gasteiger partial charge in [-0.1, -0.05) is 79.9 Å². The number of nitrogens with one attached hydrogen (secondary N) is 2. The van der Waals surface area contributed by atoms with Gasteiger partial charge in [0.15, 0.2) is 5.96 Å². The van der Waals surface area contributed by atoms with E-state index in [1.54, 1.807) is 4.90 Å². The van der Waals surface area contributed by atoms with Gasteiger partial charge in [0.1, 0.15) is 25.2 Å². The van der Waals surface area contributed by atoms with E-state index in [1.165, 1.54) is 0 Å². The van der Waals surface area contributed by atoms with Crippen molar-refractivity contribution in [2.45, 2.75) is 89.7 Å². The summed E-state index contributed by atoms with van der Waals surface area (Å²) < 4.78 is 10.8. The number of Topliss-reactive ketones (excluding diaryl/α,β-unsaturated/α-hetero) is 1. The lowest BCUT2D eigenvalue weighted by Crippen LogP contribution is -2.46. The fourth-order valence-corrected chi connectivity index (χ4v) is 4.82. The van der Waals surface area contributed by atoms with Gasteiger partial charge in [-0.25, -0.2) is 9.59 Å². The molecule has 266 valence electrons. The molecule has 2 amide bonds. The smallest absolute Gasteiger partial charge is 0.410 e. The number of aliphatic hydroxyl groups excluding tert-OH is 1. The fourth-order valence-electron chi connectivity index (χ4n) is 4.82. The van der Waals surface area contributed by atoms with Crippen LogP contribution in [0.4, 0.5) is 9.59 Å². The maximum absolute atomic E-state index is 12.9. The first-order valence-corrected chi connectivity index (χ1v) is 16.9. The number of nitrogens with zero attached hydrogens (tertiary/aromatic N) is 2. The lowest BCUT2D eigenvalue weighted by atomic mass is 10.0. The molecular formula is C35H55N7O6. The Morgan fingerprint density at radius 3 is 2.04 bits per heavy atom. The second kappa shape index (κ2) is 24.9. The molecule has 48 heavy (non-hydrogen) atoms. The monoisotopic (exact) mass is 669 g/mol. The first-order chi connectivity index (χ1) is 23.2. The van der Waals surface area contributed by atoms with Gasteiger partial charge in [0.05, 0.1) is 6.04 Å². The van der Waals surface area contributed by atoms with Crippen LogP contribution in [0.1, 0.15) is 75.3 Å². The van der Waals surface area contributed by atoms with Gasteiger partial charge in [-0.05, 0) is 49.8 Å². The van der Waals surface area contributed by atoms with Crippen molar-refractivity contribution in [2.75, 3.05) is 32.7 Å². The van der Waals surface area contributed by atoms with E-state index in [0.29, 0.717) is 58.4 Å². The summed E-state index contributed by atoms with van der Waals surface area (Å²) in [5.74, 6) is 0.140. The molecule has 0 aliphatic carbocycles. The fraction of sp³-hybridized carbons (Fsp3) is 0.543. The standard InChI is InChI=1S/C35H55N7O6/c36-31(25-30(43)19-10-2-1-3-11-21-40-33(37)38)32(44)39-20-12-13-23-42(35(46)48-27-29-17-8-5-9-18-29)24-14-22-41-34(45)47-26-28-15-6-4-7-16-28/h4-9,15-18,31-32,39,44H,1-3,10-14,19-27,36H2,(H,41,45)(H4,37,38,40). The summed E-state index contributed by atoms with van der Waals surface area (Å²) in [4.78, 5) is 42.9. The molecule has 0 aliphatic heterocycles. The predicted molar refractivity (Wildman–Crippen MR) is 187 cm³/mol. The number of benzene rings is 2. The van der Waals surface area contributed by atoms with Crippen molar-refractivity contribution in [1.82, 2.24) is 15.5 Å². The number of carbonyl (C=O) groups is 3. The van der Waals surface area contributed by atoms with Crippen LogP contribution in [0.25, 0.3) is 0 Å². The van der Waals surface area contributed by atoms with Crippen molar-refractivity contribution in [2.24, 2.45) is 22.2 Å². The Bertz CT molecular complexity index is 1200. The molecule has 0 radical (unpaired) electrons. The van der Waals surface area contributed by atoms with Crippen molar-refractivity contribution < 1.29 is 29.0 Å². The van der Waals surface area contributed by atoms with E-state index in [2.05, 4.69) is 15.6 Å². The van der Waals surface area contributed by atoms with Crippen LogP contribution in [0.5, 0.6) is 0 Å². The van der Waals surface area contributed by atoms with Crippen LogP contribution in [0.15, 0.2) is 65.7 Å². The maximum atomic E-state index is 12.9. The number of nitrogens with two attached hydrogens (primary N) is 3. The number of alkyl carbamates (subject to hydrolysis) is 1. The van der Waals surface area contributed by atoms with Gasteiger partial charge >= 0.3 is 12.2 Å². The molecule has 0 spiro atoms. The number of aliphatic imine (C=N–C) groups is 1. The highest BCUT2D eigenvalue weighted by Crippen LogP contribution is 2.09. The van der Waals surface area contributed by atoms with Crippen LogP contribution in [0.3, 0.4) is 0 Å². The van der Waals surface area contributed by atoms with Crippen LogP contribution < -0.4 is 27.8 Å². The highest BCUT2D eigenvalue weighted by molar-refractivity contribution is 5.79. The predicted octanol–water partition coefficient (Wildman–Crippen LogP) is 3.53. The lowest BCUT2D eigenvalue weighted by molar-refractivity contribution is -0.120. The molecular weight excluding hydrogens is 614 g/mol. The minimum absolute atomic E-state index is 0.0347. The molecule has 9 N–H and O–H groups in total. The normalized spacial score (nSPS) is 12.0. The Kier molecular flexibility index (Phi) is 20.7. The molecule has 2 aromatic carbocycles. The number of rotatable bonds is 25. The number of ketones is 1. The molecule has 13 nitrogen and oxygen atoms in total. The zero-order chi connectivity index (χ0) is 34.8. The van der Waals surface area contributed by atoms with Gasteiger partial charge in [-0.3, -0.25) is 15.1 Å². The van der Waals surface area contributed by atoms with Gasteiger partial charge in [-0.2, -0.15) is 0 Å². The van der Waals surface area contributed by atoms with Gasteiger partial charge in [-0.15, -0.1) is 0 Å². The van der Waals surface area contributed by atoms with Crippen LogP contribution in [-0.4, -0.2) is 78.9 Å². The molecule has 0 aromatic heterocycles. The second-order valence-corrected chi connectivity index (χ2v) is 11.7. The van der Waals surface area contributed by atoms with E-state index in [9.17, 15) is 19.5 Å².